The second kappa shape index (κ2) is 11.6. The van der Waals surface area contributed by atoms with Gasteiger partial charge in [-0.3, -0.25) is 0 Å². The lowest BCUT2D eigenvalue weighted by atomic mass is 9.90. The van der Waals surface area contributed by atoms with Crippen LogP contribution >= 0.6 is 0 Å². The molecule has 0 saturated carbocycles. The molecule has 236 valence electrons. The summed E-state index contributed by atoms with van der Waals surface area (Å²) >= 11 is 0. The van der Waals surface area contributed by atoms with Crippen LogP contribution in [0.25, 0.3) is 65.4 Å². The van der Waals surface area contributed by atoms with E-state index < -0.39 is 0 Å². The highest BCUT2D eigenvalue weighted by molar-refractivity contribution is 6.19. The summed E-state index contributed by atoms with van der Waals surface area (Å²) in [5.41, 5.74) is 9.03. The molecule has 0 saturated heterocycles. The van der Waals surface area contributed by atoms with Crippen molar-refractivity contribution in [2.45, 2.75) is 12.3 Å². The van der Waals surface area contributed by atoms with Crippen LogP contribution in [0, 0.1) is 0 Å². The van der Waals surface area contributed by atoms with E-state index in [1.807, 2.05) is 12.1 Å². The van der Waals surface area contributed by atoms with E-state index in [1.165, 1.54) is 60.1 Å². The van der Waals surface area contributed by atoms with Gasteiger partial charge in [-0.1, -0.05) is 133 Å². The van der Waals surface area contributed by atoms with Crippen molar-refractivity contribution in [2.75, 3.05) is 4.90 Å². The average Bonchev–Trinajstić information content (AvgIpc) is 3.58. The van der Waals surface area contributed by atoms with Gasteiger partial charge < -0.3 is 9.32 Å². The molecule has 8 aromatic carbocycles. The molecule has 1 aliphatic rings. The number of rotatable bonds is 5. The van der Waals surface area contributed by atoms with Crippen LogP contribution in [0.5, 0.6) is 0 Å². The first-order chi connectivity index (χ1) is 24.8. The molecule has 2 heteroatoms. The highest BCUT2D eigenvalue weighted by atomic mass is 16.3. The topological polar surface area (TPSA) is 16.4 Å². The lowest BCUT2D eigenvalue weighted by Crippen LogP contribution is -2.13. The van der Waals surface area contributed by atoms with Gasteiger partial charge in [0, 0.05) is 33.8 Å². The van der Waals surface area contributed by atoms with Crippen LogP contribution < -0.4 is 4.90 Å². The molecule has 1 aromatic heterocycles. The molecule has 0 fully saturated rings. The van der Waals surface area contributed by atoms with Crippen LogP contribution in [0.3, 0.4) is 0 Å². The minimum absolute atomic E-state index is 0.315. The number of allylic oxidation sites excluding steroid dienone is 4. The molecule has 1 atom stereocenters. The molecule has 9 aromatic rings. The molecule has 1 aliphatic carbocycles. The summed E-state index contributed by atoms with van der Waals surface area (Å²) in [6, 6.07) is 57.3. The molecule has 0 aliphatic heterocycles. The Morgan fingerprint density at radius 3 is 2.08 bits per heavy atom. The summed E-state index contributed by atoms with van der Waals surface area (Å²) < 4.78 is 6.16. The minimum atomic E-state index is 0.315. The summed E-state index contributed by atoms with van der Waals surface area (Å²) in [7, 11) is 0. The van der Waals surface area contributed by atoms with E-state index >= 15 is 0 Å². The normalized spacial score (nSPS) is 14.4. The summed E-state index contributed by atoms with van der Waals surface area (Å²) in [5, 5.41) is 9.79. The maximum atomic E-state index is 6.16. The predicted molar refractivity (Wildman–Crippen MR) is 212 cm³/mol. The van der Waals surface area contributed by atoms with Gasteiger partial charge in [0.25, 0.3) is 0 Å². The van der Waals surface area contributed by atoms with E-state index in [1.54, 1.807) is 0 Å². The largest absolute Gasteiger partial charge is 0.456 e. The maximum absolute atomic E-state index is 6.16. The number of hydrogen-bond acceptors (Lipinski definition) is 2. The molecular weight excluding hydrogens is 607 g/mol. The summed E-state index contributed by atoms with van der Waals surface area (Å²) in [6.07, 6.45) is 9.92. The van der Waals surface area contributed by atoms with E-state index in [9.17, 15) is 0 Å². The van der Waals surface area contributed by atoms with Crippen LogP contribution in [0.2, 0.25) is 0 Å². The first-order valence-electron chi connectivity index (χ1n) is 17.4. The van der Waals surface area contributed by atoms with Gasteiger partial charge in [-0.15, -0.1) is 0 Å². The van der Waals surface area contributed by atoms with Gasteiger partial charge in [0.2, 0.25) is 0 Å². The first kappa shape index (κ1) is 28.6. The smallest absolute Gasteiger partial charge is 0.136 e. The number of furan rings is 1. The number of hydrogen-bond donors (Lipinski definition) is 0. The van der Waals surface area contributed by atoms with E-state index in [-0.39, 0.29) is 0 Å². The zero-order valence-corrected chi connectivity index (χ0v) is 27.5. The zero-order chi connectivity index (χ0) is 33.0. The van der Waals surface area contributed by atoms with Crippen LogP contribution in [-0.4, -0.2) is 0 Å². The summed E-state index contributed by atoms with van der Waals surface area (Å²) in [6.45, 7) is 0. The summed E-state index contributed by atoms with van der Waals surface area (Å²) in [5.74, 6) is 0.315. The van der Waals surface area contributed by atoms with Crippen molar-refractivity contribution < 1.29 is 4.42 Å². The predicted octanol–water partition coefficient (Wildman–Crippen LogP) is 13.8. The quantitative estimate of drug-likeness (QED) is 0.174. The fraction of sp³-hybridized carbons (Fsp3) is 0.0417. The van der Waals surface area contributed by atoms with E-state index in [0.717, 1.165) is 34.3 Å². The lowest BCUT2D eigenvalue weighted by Gasteiger charge is -2.30. The molecule has 1 unspecified atom stereocenters. The average molecular weight is 640 g/mol. The molecule has 1 heterocycles. The van der Waals surface area contributed by atoms with Crippen molar-refractivity contribution in [3.05, 3.63) is 188 Å². The van der Waals surface area contributed by atoms with Crippen LogP contribution in [0.15, 0.2) is 186 Å². The van der Waals surface area contributed by atoms with Crippen LogP contribution in [-0.2, 0) is 0 Å². The molecule has 0 amide bonds. The Morgan fingerprint density at radius 2 is 1.20 bits per heavy atom. The molecule has 10 rings (SSSR count). The van der Waals surface area contributed by atoms with Crippen molar-refractivity contribution in [1.29, 1.82) is 0 Å². The van der Waals surface area contributed by atoms with Gasteiger partial charge in [-0.2, -0.15) is 0 Å². The van der Waals surface area contributed by atoms with E-state index in [2.05, 4.69) is 175 Å². The molecule has 0 N–H and O–H groups in total. The summed E-state index contributed by atoms with van der Waals surface area (Å²) in [4.78, 5) is 2.44. The third-order valence-corrected chi connectivity index (χ3v) is 10.4. The Balaban J connectivity index is 1.10. The second-order valence-corrected chi connectivity index (χ2v) is 13.3. The highest BCUT2D eigenvalue weighted by Gasteiger charge is 2.21. The molecule has 0 radical (unpaired) electrons. The Bertz CT molecular complexity index is 2800. The molecule has 0 spiro atoms. The van der Waals surface area contributed by atoms with E-state index in [0.29, 0.717) is 5.92 Å². The molecule has 0 bridgehead atoms. The fourth-order valence-corrected chi connectivity index (χ4v) is 7.91. The van der Waals surface area contributed by atoms with Gasteiger partial charge in [0.05, 0.1) is 0 Å². The van der Waals surface area contributed by atoms with Crippen molar-refractivity contribution in [2.24, 2.45) is 0 Å². The Labute approximate surface area is 290 Å². The number of nitrogens with zero attached hydrogens (tertiary/aromatic N) is 1. The standard InChI is InChI=1S/C48H33NO/c1-2-10-33(11-3-1)41-14-6-8-16-45(41)49(39-27-22-35-19-18-34-12-4-5-13-40(34)44(35)31-39)38-25-20-32(21-26-38)36-23-28-42-37(30-36)24-29-47-48(42)43-15-7-9-17-46(43)50-47/h1-10,12-31,33H,11H2. The number of fused-ring (bicyclic) bond motifs is 8. The van der Waals surface area contributed by atoms with E-state index in [4.69, 9.17) is 4.42 Å². The number of anilines is 3. The van der Waals surface area contributed by atoms with Gasteiger partial charge in [0.1, 0.15) is 11.2 Å². The van der Waals surface area contributed by atoms with Gasteiger partial charge in [0.15, 0.2) is 0 Å². The maximum Gasteiger partial charge on any atom is 0.136 e. The molecular formula is C48H33NO. The highest BCUT2D eigenvalue weighted by Crippen LogP contribution is 2.43. The molecule has 50 heavy (non-hydrogen) atoms. The zero-order valence-electron chi connectivity index (χ0n) is 27.5. The monoisotopic (exact) mass is 639 g/mol. The van der Waals surface area contributed by atoms with Gasteiger partial charge in [-0.25, -0.2) is 0 Å². The third kappa shape index (κ3) is 4.72. The van der Waals surface area contributed by atoms with Gasteiger partial charge in [-0.05, 0) is 104 Å². The van der Waals surface area contributed by atoms with Crippen molar-refractivity contribution in [3.8, 4) is 11.1 Å². The Morgan fingerprint density at radius 1 is 0.480 bits per heavy atom. The van der Waals surface area contributed by atoms with Crippen molar-refractivity contribution in [1.82, 2.24) is 0 Å². The molecule has 2 nitrogen and oxygen atoms in total. The Hall–Kier alpha value is -6.38. The van der Waals surface area contributed by atoms with Gasteiger partial charge >= 0.3 is 0 Å². The second-order valence-electron chi connectivity index (χ2n) is 13.3. The number of para-hydroxylation sites is 2. The lowest BCUT2D eigenvalue weighted by molar-refractivity contribution is 0.669. The number of benzene rings is 8. The minimum Gasteiger partial charge on any atom is -0.456 e. The van der Waals surface area contributed by atoms with Crippen LogP contribution in [0.4, 0.5) is 17.1 Å². The Kier molecular flexibility index (Phi) is 6.67. The SMILES string of the molecule is C1=CCC(c2ccccc2N(c2ccc(-c3ccc4c(ccc5oc6ccccc6c54)c3)cc2)c2ccc3ccc4ccccc4c3c2)C=C1. The van der Waals surface area contributed by atoms with Crippen LogP contribution in [0.1, 0.15) is 17.9 Å². The van der Waals surface area contributed by atoms with Crippen molar-refractivity contribution >= 4 is 71.3 Å². The fourth-order valence-electron chi connectivity index (χ4n) is 7.91. The third-order valence-electron chi connectivity index (χ3n) is 10.4. The first-order valence-corrected chi connectivity index (χ1v) is 17.4. The van der Waals surface area contributed by atoms with Crippen molar-refractivity contribution in [3.63, 3.8) is 0 Å².